The minimum absolute atomic E-state index is 0.318. The van der Waals surface area contributed by atoms with Gasteiger partial charge in [-0.25, -0.2) is 22.0 Å². The number of fused-ring (bicyclic) bond motifs is 1. The molecule has 0 radical (unpaired) electrons. The fraction of sp³-hybridized carbons (Fsp3) is 0.407. The van der Waals surface area contributed by atoms with E-state index in [-0.39, 0.29) is 0 Å². The summed E-state index contributed by atoms with van der Waals surface area (Å²) in [5.41, 5.74) is 2.97. The number of carboxylic acids is 2. The average Bonchev–Trinajstić information content (AvgIpc) is 3.36. The molecule has 0 spiro atoms. The van der Waals surface area contributed by atoms with E-state index in [1.807, 2.05) is 37.3 Å². The number of hydrogen-bond acceptors (Lipinski definition) is 6. The lowest BCUT2D eigenvalue weighted by Gasteiger charge is -2.34. The van der Waals surface area contributed by atoms with Crippen molar-refractivity contribution in [1.82, 2.24) is 13.8 Å². The number of aryl methyl sites for hydroxylation is 1. The normalized spacial score (nSPS) is 14.8. The third-order valence-electron chi connectivity index (χ3n) is 6.25. The molecule has 0 amide bonds. The molecule has 3 aromatic rings. The highest BCUT2D eigenvalue weighted by molar-refractivity contribution is 7.90. The zero-order valence-corrected chi connectivity index (χ0v) is 24.0. The van der Waals surface area contributed by atoms with E-state index in [2.05, 4.69) is 22.8 Å². The van der Waals surface area contributed by atoms with E-state index >= 15 is 0 Å². The number of aromatic nitrogens is 1. The fourth-order valence-electron chi connectivity index (χ4n) is 4.11. The van der Waals surface area contributed by atoms with Crippen molar-refractivity contribution in [2.75, 3.05) is 32.7 Å². The van der Waals surface area contributed by atoms with Gasteiger partial charge < -0.3 is 15.1 Å². The van der Waals surface area contributed by atoms with Gasteiger partial charge in [0.05, 0.1) is 10.4 Å². The maximum Gasteiger partial charge on any atom is 0.490 e. The first kappa shape index (κ1) is 35.6. The second kappa shape index (κ2) is 14.7. The third-order valence-corrected chi connectivity index (χ3v) is 7.95. The van der Waals surface area contributed by atoms with E-state index in [0.29, 0.717) is 4.90 Å². The molecule has 0 aliphatic carbocycles. The Morgan fingerprint density at radius 1 is 0.814 bits per heavy atom. The van der Waals surface area contributed by atoms with Crippen LogP contribution in [-0.2, 0) is 26.2 Å². The SMILES string of the molecule is CCCN1CCN(Cc2cccc3c2ccn3S(=O)(=O)c2ccc(C)cc2)CC1.O=C(O)C(F)(F)F.O=C(O)C(F)(F)F. The summed E-state index contributed by atoms with van der Waals surface area (Å²) in [7, 11) is -3.61. The van der Waals surface area contributed by atoms with Crippen molar-refractivity contribution in [3.05, 3.63) is 65.9 Å². The van der Waals surface area contributed by atoms with Gasteiger partial charge in [-0.1, -0.05) is 36.8 Å². The smallest absolute Gasteiger partial charge is 0.475 e. The number of rotatable bonds is 6. The van der Waals surface area contributed by atoms with Gasteiger partial charge in [0.1, 0.15) is 0 Å². The van der Waals surface area contributed by atoms with E-state index in [9.17, 15) is 34.8 Å². The molecule has 0 bridgehead atoms. The first-order valence-corrected chi connectivity index (χ1v) is 14.3. The van der Waals surface area contributed by atoms with Crippen LogP contribution in [0.5, 0.6) is 0 Å². The Bertz CT molecular complexity index is 1460. The van der Waals surface area contributed by atoms with Gasteiger partial charge in [0.25, 0.3) is 10.0 Å². The Hall–Kier alpha value is -3.63. The molecule has 0 saturated carbocycles. The monoisotopic (exact) mass is 639 g/mol. The van der Waals surface area contributed by atoms with Crippen molar-refractivity contribution in [2.45, 2.75) is 44.1 Å². The lowest BCUT2D eigenvalue weighted by molar-refractivity contribution is -0.193. The topological polar surface area (TPSA) is 120 Å². The van der Waals surface area contributed by atoms with E-state index in [1.165, 1.54) is 22.5 Å². The quantitative estimate of drug-likeness (QED) is 0.363. The number of alkyl halides is 6. The van der Waals surface area contributed by atoms with Gasteiger partial charge in [0, 0.05) is 44.3 Å². The zero-order chi connectivity index (χ0) is 32.6. The van der Waals surface area contributed by atoms with Crippen LogP contribution in [0.1, 0.15) is 24.5 Å². The molecular formula is C27H31F6N3O6S. The third kappa shape index (κ3) is 10.2. The second-order valence-electron chi connectivity index (χ2n) is 9.50. The summed E-state index contributed by atoms with van der Waals surface area (Å²) in [6, 6.07) is 14.9. The summed E-state index contributed by atoms with van der Waals surface area (Å²) >= 11 is 0. The number of benzene rings is 2. The second-order valence-corrected chi connectivity index (χ2v) is 11.3. The molecule has 1 saturated heterocycles. The molecule has 9 nitrogen and oxygen atoms in total. The molecule has 1 aromatic heterocycles. The molecule has 4 rings (SSSR count). The van der Waals surface area contributed by atoms with Gasteiger partial charge in [0.15, 0.2) is 0 Å². The van der Waals surface area contributed by atoms with Crippen LogP contribution in [0.15, 0.2) is 59.6 Å². The van der Waals surface area contributed by atoms with Gasteiger partial charge in [-0.2, -0.15) is 26.3 Å². The van der Waals surface area contributed by atoms with Crippen LogP contribution >= 0.6 is 0 Å². The Morgan fingerprint density at radius 2 is 1.30 bits per heavy atom. The standard InChI is InChI=1S/C23H29N3O2S.2C2HF3O2/c1-3-12-24-14-16-25(17-15-24)18-20-5-4-6-23-22(20)11-13-26(23)29(27,28)21-9-7-19(2)8-10-21;2*3-2(4,5)1(6)7/h4-11,13H,3,12,14-18H2,1-2H3;2*(H,6,7). The highest BCUT2D eigenvalue weighted by Gasteiger charge is 2.38. The summed E-state index contributed by atoms with van der Waals surface area (Å²) in [5, 5.41) is 15.3. The maximum absolute atomic E-state index is 13.2. The minimum Gasteiger partial charge on any atom is -0.475 e. The molecule has 2 N–H and O–H groups in total. The molecule has 43 heavy (non-hydrogen) atoms. The van der Waals surface area contributed by atoms with Crippen molar-refractivity contribution >= 4 is 32.9 Å². The summed E-state index contributed by atoms with van der Waals surface area (Å²) in [4.78, 5) is 23.1. The van der Waals surface area contributed by atoms with E-state index in [1.54, 1.807) is 18.3 Å². The molecule has 16 heteroatoms. The highest BCUT2D eigenvalue weighted by Crippen LogP contribution is 2.26. The van der Waals surface area contributed by atoms with Crippen LogP contribution in [0.25, 0.3) is 10.9 Å². The van der Waals surface area contributed by atoms with E-state index in [0.717, 1.165) is 49.2 Å². The number of piperazine rings is 1. The van der Waals surface area contributed by atoms with Crippen molar-refractivity contribution in [1.29, 1.82) is 0 Å². The van der Waals surface area contributed by atoms with Crippen LogP contribution in [0.4, 0.5) is 26.3 Å². The minimum atomic E-state index is -5.08. The number of hydrogen-bond donors (Lipinski definition) is 2. The van der Waals surface area contributed by atoms with E-state index < -0.39 is 34.3 Å². The lowest BCUT2D eigenvalue weighted by atomic mass is 10.1. The fourth-order valence-corrected chi connectivity index (χ4v) is 5.45. The zero-order valence-electron chi connectivity index (χ0n) is 23.2. The van der Waals surface area contributed by atoms with Crippen molar-refractivity contribution in [2.24, 2.45) is 0 Å². The van der Waals surface area contributed by atoms with Crippen LogP contribution in [0, 0.1) is 6.92 Å². The first-order valence-electron chi connectivity index (χ1n) is 12.8. The molecule has 1 fully saturated rings. The van der Waals surface area contributed by atoms with Crippen LogP contribution in [-0.4, -0.2) is 89.4 Å². The summed E-state index contributed by atoms with van der Waals surface area (Å²) in [6.07, 6.45) is -7.29. The van der Waals surface area contributed by atoms with Crippen LogP contribution in [0.2, 0.25) is 0 Å². The number of carboxylic acid groups (broad SMARTS) is 2. The molecule has 1 aliphatic rings. The summed E-state index contributed by atoms with van der Waals surface area (Å²) in [5.74, 6) is -5.51. The Morgan fingerprint density at radius 3 is 1.77 bits per heavy atom. The van der Waals surface area contributed by atoms with Crippen molar-refractivity contribution < 1.29 is 54.6 Å². The van der Waals surface area contributed by atoms with Crippen molar-refractivity contribution in [3.63, 3.8) is 0 Å². The number of carbonyl (C=O) groups is 2. The molecule has 2 heterocycles. The number of halogens is 6. The van der Waals surface area contributed by atoms with Crippen molar-refractivity contribution in [3.8, 4) is 0 Å². The van der Waals surface area contributed by atoms with Gasteiger partial charge >= 0.3 is 24.3 Å². The Labute approximate surface area is 244 Å². The first-order chi connectivity index (χ1) is 19.9. The molecular weight excluding hydrogens is 608 g/mol. The number of nitrogens with zero attached hydrogens (tertiary/aromatic N) is 3. The Balaban J connectivity index is 0.000000384. The van der Waals surface area contributed by atoms with E-state index in [4.69, 9.17) is 19.8 Å². The molecule has 1 aliphatic heterocycles. The lowest BCUT2D eigenvalue weighted by Crippen LogP contribution is -2.45. The van der Waals surface area contributed by atoms with Gasteiger partial charge in [-0.05, 0) is 49.7 Å². The molecule has 238 valence electrons. The number of aliphatic carboxylic acids is 2. The molecule has 0 unspecified atom stereocenters. The van der Waals surface area contributed by atoms with Gasteiger partial charge in [0.2, 0.25) is 0 Å². The Kier molecular flexibility index (Phi) is 12.2. The largest absolute Gasteiger partial charge is 0.490 e. The predicted octanol–water partition coefficient (Wildman–Crippen LogP) is 4.98. The van der Waals surface area contributed by atoms with Crippen LogP contribution < -0.4 is 0 Å². The predicted molar refractivity (Wildman–Crippen MR) is 145 cm³/mol. The highest BCUT2D eigenvalue weighted by atomic mass is 32.2. The molecule has 0 atom stereocenters. The maximum atomic E-state index is 13.2. The van der Waals surface area contributed by atoms with Gasteiger partial charge in [-0.3, -0.25) is 4.90 Å². The van der Waals surface area contributed by atoms with Crippen LogP contribution in [0.3, 0.4) is 0 Å². The average molecular weight is 640 g/mol. The summed E-state index contributed by atoms with van der Waals surface area (Å²) in [6.45, 7) is 10.5. The molecule has 2 aromatic carbocycles. The summed E-state index contributed by atoms with van der Waals surface area (Å²) < 4.78 is 91.2. The van der Waals surface area contributed by atoms with Gasteiger partial charge in [-0.15, -0.1) is 0 Å².